The maximum atomic E-state index is 12.9. The number of carbonyl (C=O) groups is 1. The van der Waals surface area contributed by atoms with Gasteiger partial charge in [0.15, 0.2) is 0 Å². The van der Waals surface area contributed by atoms with Crippen molar-refractivity contribution in [3.8, 4) is 0 Å². The predicted molar refractivity (Wildman–Crippen MR) is 135 cm³/mol. The number of hydrogen-bond acceptors (Lipinski definition) is 6. The van der Waals surface area contributed by atoms with Gasteiger partial charge < -0.3 is 10.2 Å². The standard InChI is InChI=1S/C25H30N4OS2/c1-19(28-12-14-29(15-13-28)22-8-4-3-5-9-22)16-26-25(30)23-10-6-7-11-24(23)32-18-21-17-31-20(2)27-21/h3-11,17,19H,12-16,18H2,1-2H3,(H,26,30). The Hall–Kier alpha value is -2.35. The first-order valence-corrected chi connectivity index (χ1v) is 12.9. The lowest BCUT2D eigenvalue weighted by Crippen LogP contribution is -2.52. The molecular weight excluding hydrogens is 436 g/mol. The quantitative estimate of drug-likeness (QED) is 0.488. The first-order valence-electron chi connectivity index (χ1n) is 11.1. The number of aromatic nitrogens is 1. The van der Waals surface area contributed by atoms with Crippen LogP contribution in [0.2, 0.25) is 0 Å². The van der Waals surface area contributed by atoms with Crippen molar-refractivity contribution in [3.63, 3.8) is 0 Å². The molecule has 0 bridgehead atoms. The van der Waals surface area contributed by atoms with Crippen LogP contribution in [0.15, 0.2) is 64.9 Å². The third-order valence-corrected chi connectivity index (χ3v) is 7.72. The van der Waals surface area contributed by atoms with E-state index in [1.807, 2.05) is 31.2 Å². The van der Waals surface area contributed by atoms with Crippen LogP contribution in [0.3, 0.4) is 0 Å². The minimum atomic E-state index is -0.00247. The molecule has 2 aromatic carbocycles. The predicted octanol–water partition coefficient (Wildman–Crippen LogP) is 4.68. The summed E-state index contributed by atoms with van der Waals surface area (Å²) >= 11 is 3.33. The van der Waals surface area contributed by atoms with Crippen molar-refractivity contribution in [2.75, 3.05) is 37.6 Å². The van der Waals surface area contributed by atoms with Gasteiger partial charge in [-0.15, -0.1) is 23.1 Å². The van der Waals surface area contributed by atoms with Gasteiger partial charge in [0.2, 0.25) is 0 Å². The fourth-order valence-corrected chi connectivity index (χ4v) is 5.59. The molecule has 1 saturated heterocycles. The maximum absolute atomic E-state index is 12.9. The van der Waals surface area contributed by atoms with Crippen molar-refractivity contribution in [1.29, 1.82) is 0 Å². The average molecular weight is 467 g/mol. The number of anilines is 1. The Morgan fingerprint density at radius 2 is 1.81 bits per heavy atom. The van der Waals surface area contributed by atoms with E-state index in [-0.39, 0.29) is 5.91 Å². The summed E-state index contributed by atoms with van der Waals surface area (Å²) in [5, 5.41) is 6.32. The van der Waals surface area contributed by atoms with Gasteiger partial charge in [0.25, 0.3) is 5.91 Å². The van der Waals surface area contributed by atoms with Gasteiger partial charge >= 0.3 is 0 Å². The van der Waals surface area contributed by atoms with E-state index < -0.39 is 0 Å². The van der Waals surface area contributed by atoms with E-state index >= 15 is 0 Å². The smallest absolute Gasteiger partial charge is 0.252 e. The number of nitrogens with zero attached hydrogens (tertiary/aromatic N) is 3. The third-order valence-electron chi connectivity index (χ3n) is 5.79. The Kier molecular flexibility index (Phi) is 7.84. The number of benzene rings is 2. The molecule has 1 aromatic heterocycles. The molecule has 4 rings (SSSR count). The van der Waals surface area contributed by atoms with Gasteiger partial charge in [-0.2, -0.15) is 0 Å². The number of thioether (sulfide) groups is 1. The molecule has 1 atom stereocenters. The van der Waals surface area contributed by atoms with Crippen molar-refractivity contribution in [2.45, 2.75) is 30.5 Å². The number of amides is 1. The largest absolute Gasteiger partial charge is 0.369 e. The van der Waals surface area contributed by atoms with Crippen LogP contribution < -0.4 is 10.2 Å². The molecule has 1 amide bonds. The lowest BCUT2D eigenvalue weighted by Gasteiger charge is -2.39. The summed E-state index contributed by atoms with van der Waals surface area (Å²) in [6.07, 6.45) is 0. The lowest BCUT2D eigenvalue weighted by atomic mass is 10.2. The zero-order chi connectivity index (χ0) is 22.3. The van der Waals surface area contributed by atoms with Crippen LogP contribution in [0.5, 0.6) is 0 Å². The molecular formula is C25H30N4OS2. The topological polar surface area (TPSA) is 48.5 Å². The van der Waals surface area contributed by atoms with E-state index in [1.165, 1.54) is 5.69 Å². The molecule has 1 N–H and O–H groups in total. The van der Waals surface area contributed by atoms with Crippen LogP contribution in [0, 0.1) is 6.92 Å². The molecule has 7 heteroatoms. The van der Waals surface area contributed by atoms with Crippen molar-refractivity contribution in [1.82, 2.24) is 15.2 Å². The zero-order valence-electron chi connectivity index (χ0n) is 18.7. The summed E-state index contributed by atoms with van der Waals surface area (Å²) < 4.78 is 0. The number of nitrogens with one attached hydrogen (secondary N) is 1. The van der Waals surface area contributed by atoms with Gasteiger partial charge in [0.05, 0.1) is 16.3 Å². The van der Waals surface area contributed by atoms with E-state index in [1.54, 1.807) is 23.1 Å². The highest BCUT2D eigenvalue weighted by Gasteiger charge is 2.22. The Morgan fingerprint density at radius 3 is 2.53 bits per heavy atom. The molecule has 0 saturated carbocycles. The van der Waals surface area contributed by atoms with Crippen molar-refractivity contribution in [2.24, 2.45) is 0 Å². The van der Waals surface area contributed by atoms with Crippen LogP contribution in [-0.4, -0.2) is 54.6 Å². The number of thiazole rings is 1. The Balaban J connectivity index is 1.27. The van der Waals surface area contributed by atoms with Crippen molar-refractivity contribution in [3.05, 3.63) is 76.2 Å². The summed E-state index contributed by atoms with van der Waals surface area (Å²) in [4.78, 5) is 23.4. The Labute approximate surface area is 198 Å². The Morgan fingerprint density at radius 1 is 1.09 bits per heavy atom. The van der Waals surface area contributed by atoms with Crippen molar-refractivity contribution < 1.29 is 4.79 Å². The first kappa shape index (κ1) is 22.8. The fraction of sp³-hybridized carbons (Fsp3) is 0.360. The summed E-state index contributed by atoms with van der Waals surface area (Å²) in [5.74, 6) is 0.772. The second kappa shape index (κ2) is 11.0. The van der Waals surface area contributed by atoms with Crippen LogP contribution in [-0.2, 0) is 5.75 Å². The zero-order valence-corrected chi connectivity index (χ0v) is 20.3. The molecule has 0 aliphatic carbocycles. The first-order chi connectivity index (χ1) is 15.6. The molecule has 2 heterocycles. The van der Waals surface area contributed by atoms with E-state index in [0.717, 1.165) is 53.1 Å². The van der Waals surface area contributed by atoms with Crippen LogP contribution in [0.1, 0.15) is 28.0 Å². The number of carbonyl (C=O) groups excluding carboxylic acids is 1. The molecule has 0 radical (unpaired) electrons. The van der Waals surface area contributed by atoms with Crippen molar-refractivity contribution >= 4 is 34.7 Å². The van der Waals surface area contributed by atoms with Gasteiger partial charge in [0.1, 0.15) is 0 Å². The fourth-order valence-electron chi connectivity index (χ4n) is 3.93. The van der Waals surface area contributed by atoms with Gasteiger partial charge in [0, 0.05) is 60.5 Å². The highest BCUT2D eigenvalue weighted by molar-refractivity contribution is 7.98. The minimum Gasteiger partial charge on any atom is -0.369 e. The highest BCUT2D eigenvalue weighted by atomic mass is 32.2. The summed E-state index contributed by atoms with van der Waals surface area (Å²) in [7, 11) is 0. The average Bonchev–Trinajstić information content (AvgIpc) is 3.27. The lowest BCUT2D eigenvalue weighted by molar-refractivity contribution is 0.0931. The van der Waals surface area contributed by atoms with Gasteiger partial charge in [-0.1, -0.05) is 30.3 Å². The second-order valence-electron chi connectivity index (χ2n) is 8.06. The van der Waals surface area contributed by atoms with E-state index in [4.69, 9.17) is 0 Å². The number of rotatable bonds is 8. The normalized spacial score (nSPS) is 15.5. The van der Waals surface area contributed by atoms with Crippen LogP contribution >= 0.6 is 23.1 Å². The maximum Gasteiger partial charge on any atom is 0.252 e. The molecule has 1 fully saturated rings. The van der Waals surface area contributed by atoms with Gasteiger partial charge in [-0.25, -0.2) is 4.98 Å². The van der Waals surface area contributed by atoms with E-state index in [0.29, 0.717) is 12.6 Å². The molecule has 168 valence electrons. The monoisotopic (exact) mass is 466 g/mol. The molecule has 0 spiro atoms. The molecule has 1 aliphatic rings. The number of aryl methyl sites for hydroxylation is 1. The van der Waals surface area contributed by atoms with E-state index in [2.05, 4.69) is 62.7 Å². The van der Waals surface area contributed by atoms with Crippen LogP contribution in [0.4, 0.5) is 5.69 Å². The molecule has 3 aromatic rings. The summed E-state index contributed by atoms with van der Waals surface area (Å²) in [6.45, 7) is 8.90. The van der Waals surface area contributed by atoms with E-state index in [9.17, 15) is 4.79 Å². The van der Waals surface area contributed by atoms with Crippen LogP contribution in [0.25, 0.3) is 0 Å². The molecule has 5 nitrogen and oxygen atoms in total. The van der Waals surface area contributed by atoms with Gasteiger partial charge in [-0.3, -0.25) is 9.69 Å². The SMILES string of the molecule is Cc1nc(CSc2ccccc2C(=O)NCC(C)N2CCN(c3ccccc3)CC2)cs1. The number of piperazine rings is 1. The Bertz CT molecular complexity index is 1020. The summed E-state index contributed by atoms with van der Waals surface area (Å²) in [5.41, 5.74) is 3.09. The molecule has 1 aliphatic heterocycles. The molecule has 1 unspecified atom stereocenters. The minimum absolute atomic E-state index is 0.00247. The summed E-state index contributed by atoms with van der Waals surface area (Å²) in [6, 6.07) is 18.7. The number of para-hydroxylation sites is 1. The molecule has 32 heavy (non-hydrogen) atoms. The van der Waals surface area contributed by atoms with Gasteiger partial charge in [-0.05, 0) is 38.1 Å². The number of hydrogen-bond donors (Lipinski definition) is 1. The second-order valence-corrected chi connectivity index (χ2v) is 10.1. The third kappa shape index (κ3) is 5.91. The highest BCUT2D eigenvalue weighted by Crippen LogP contribution is 2.27.